The van der Waals surface area contributed by atoms with Crippen LogP contribution in [0.15, 0.2) is 51.7 Å². The number of rotatable bonds is 3. The Labute approximate surface area is 129 Å². The summed E-state index contributed by atoms with van der Waals surface area (Å²) >= 11 is 0. The van der Waals surface area contributed by atoms with Gasteiger partial charge in [0.2, 0.25) is 5.89 Å². The van der Waals surface area contributed by atoms with E-state index in [0.717, 1.165) is 0 Å². The molecule has 2 aromatic carbocycles. The molecule has 3 rings (SSSR count). The van der Waals surface area contributed by atoms with Gasteiger partial charge in [0.05, 0.1) is 10.9 Å². The summed E-state index contributed by atoms with van der Waals surface area (Å²) in [5.41, 5.74) is 0.132. The molecule has 23 heavy (non-hydrogen) atoms. The molecule has 0 aliphatic carbocycles. The SMILES string of the molecule is O=C(O)c1ccc(/C=C/c2nc3c(F)cccc3c(=O)o2)cc1. The minimum atomic E-state index is -1.02. The normalized spacial score (nSPS) is 11.2. The molecule has 0 fully saturated rings. The average Bonchev–Trinajstić information content (AvgIpc) is 2.54. The van der Waals surface area contributed by atoms with Crippen LogP contribution in [0.4, 0.5) is 4.39 Å². The van der Waals surface area contributed by atoms with Gasteiger partial charge in [0, 0.05) is 6.08 Å². The Bertz CT molecular complexity index is 974. The smallest absolute Gasteiger partial charge is 0.347 e. The van der Waals surface area contributed by atoms with Gasteiger partial charge in [0.25, 0.3) is 0 Å². The van der Waals surface area contributed by atoms with Crippen molar-refractivity contribution in [2.75, 3.05) is 0 Å². The van der Waals surface area contributed by atoms with Gasteiger partial charge in [0.1, 0.15) is 11.3 Å². The monoisotopic (exact) mass is 311 g/mol. The zero-order chi connectivity index (χ0) is 16.4. The molecule has 0 aliphatic heterocycles. The number of halogens is 1. The van der Waals surface area contributed by atoms with Crippen LogP contribution in [-0.2, 0) is 0 Å². The number of fused-ring (bicyclic) bond motifs is 1. The van der Waals surface area contributed by atoms with Crippen LogP contribution in [0.25, 0.3) is 23.1 Å². The number of carbonyl (C=O) groups is 1. The number of carboxylic acids is 1. The number of benzene rings is 2. The number of para-hydroxylation sites is 1. The minimum absolute atomic E-state index is 0.0325. The van der Waals surface area contributed by atoms with E-state index in [0.29, 0.717) is 5.56 Å². The molecule has 0 aliphatic rings. The second kappa shape index (κ2) is 5.84. The van der Waals surface area contributed by atoms with Gasteiger partial charge < -0.3 is 9.52 Å². The zero-order valence-electron chi connectivity index (χ0n) is 11.7. The first-order chi connectivity index (χ1) is 11.0. The van der Waals surface area contributed by atoms with Crippen molar-refractivity contribution in [3.63, 3.8) is 0 Å². The molecule has 1 heterocycles. The topological polar surface area (TPSA) is 80.4 Å². The molecular weight excluding hydrogens is 301 g/mol. The molecule has 6 heteroatoms. The molecule has 3 aromatic rings. The molecule has 114 valence electrons. The van der Waals surface area contributed by atoms with E-state index in [9.17, 15) is 14.0 Å². The highest BCUT2D eigenvalue weighted by Crippen LogP contribution is 2.14. The third-order valence-electron chi connectivity index (χ3n) is 3.20. The quantitative estimate of drug-likeness (QED) is 0.803. The molecule has 0 bridgehead atoms. The summed E-state index contributed by atoms with van der Waals surface area (Å²) in [6.07, 6.45) is 3.01. The molecule has 5 nitrogen and oxygen atoms in total. The highest BCUT2D eigenvalue weighted by atomic mass is 19.1. The van der Waals surface area contributed by atoms with Gasteiger partial charge in [0.15, 0.2) is 0 Å². The molecule has 0 unspecified atom stereocenters. The number of hydrogen-bond acceptors (Lipinski definition) is 4. The van der Waals surface area contributed by atoms with Crippen molar-refractivity contribution in [3.05, 3.63) is 75.7 Å². The molecule has 1 aromatic heterocycles. The molecule has 1 N–H and O–H groups in total. The van der Waals surface area contributed by atoms with E-state index in [1.54, 1.807) is 18.2 Å². The Morgan fingerprint density at radius 3 is 2.57 bits per heavy atom. The molecule has 0 saturated heterocycles. The van der Waals surface area contributed by atoms with E-state index in [1.165, 1.54) is 36.4 Å². The second-order valence-electron chi connectivity index (χ2n) is 4.74. The van der Waals surface area contributed by atoms with Crippen LogP contribution in [0.1, 0.15) is 21.8 Å². The van der Waals surface area contributed by atoms with Crippen molar-refractivity contribution < 1.29 is 18.7 Å². The first-order valence-corrected chi connectivity index (χ1v) is 6.65. The van der Waals surface area contributed by atoms with Crippen LogP contribution in [0.5, 0.6) is 0 Å². The predicted octanol–water partition coefficient (Wildman–Crippen LogP) is 3.20. The fourth-order valence-corrected chi connectivity index (χ4v) is 2.05. The third-order valence-corrected chi connectivity index (χ3v) is 3.20. The standard InChI is InChI=1S/C17H10FNO4/c18-13-3-1-2-12-15(13)19-14(23-17(12)22)9-6-10-4-7-11(8-5-10)16(20)21/h1-9H,(H,20,21)/b9-6+. The summed E-state index contributed by atoms with van der Waals surface area (Å²) < 4.78 is 18.7. The van der Waals surface area contributed by atoms with Crippen LogP contribution < -0.4 is 5.63 Å². The Kier molecular flexibility index (Phi) is 3.72. The van der Waals surface area contributed by atoms with E-state index in [2.05, 4.69) is 4.98 Å². The predicted molar refractivity (Wildman–Crippen MR) is 82.6 cm³/mol. The van der Waals surface area contributed by atoms with Gasteiger partial charge in [-0.05, 0) is 35.9 Å². The molecule has 0 radical (unpaired) electrons. The Balaban J connectivity index is 1.96. The Morgan fingerprint density at radius 1 is 1.13 bits per heavy atom. The fourth-order valence-electron chi connectivity index (χ4n) is 2.05. The van der Waals surface area contributed by atoms with Gasteiger partial charge in [-0.3, -0.25) is 0 Å². The van der Waals surface area contributed by atoms with Crippen LogP contribution in [-0.4, -0.2) is 16.1 Å². The number of hydrogen-bond donors (Lipinski definition) is 1. The van der Waals surface area contributed by atoms with Crippen LogP contribution in [0.2, 0.25) is 0 Å². The molecule has 0 atom stereocenters. The maximum absolute atomic E-state index is 13.7. The van der Waals surface area contributed by atoms with Gasteiger partial charge in [-0.15, -0.1) is 0 Å². The van der Waals surface area contributed by atoms with Gasteiger partial charge >= 0.3 is 11.6 Å². The summed E-state index contributed by atoms with van der Waals surface area (Å²) in [7, 11) is 0. The van der Waals surface area contributed by atoms with Crippen molar-refractivity contribution in [3.8, 4) is 0 Å². The molecular formula is C17H10FNO4. The molecule has 0 amide bonds. The fraction of sp³-hybridized carbons (Fsp3) is 0. The van der Waals surface area contributed by atoms with Crippen molar-refractivity contribution in [1.82, 2.24) is 4.98 Å². The average molecular weight is 311 g/mol. The Morgan fingerprint density at radius 2 is 1.87 bits per heavy atom. The van der Waals surface area contributed by atoms with Crippen molar-refractivity contribution in [2.24, 2.45) is 0 Å². The first-order valence-electron chi connectivity index (χ1n) is 6.65. The molecule has 0 saturated carbocycles. The third kappa shape index (κ3) is 3.01. The largest absolute Gasteiger partial charge is 0.478 e. The minimum Gasteiger partial charge on any atom is -0.478 e. The summed E-state index contributed by atoms with van der Waals surface area (Å²) in [5, 5.41) is 8.90. The summed E-state index contributed by atoms with van der Waals surface area (Å²) in [5.74, 6) is -1.65. The van der Waals surface area contributed by atoms with Crippen molar-refractivity contribution >= 4 is 29.0 Å². The van der Waals surface area contributed by atoms with E-state index in [-0.39, 0.29) is 22.4 Å². The lowest BCUT2D eigenvalue weighted by Crippen LogP contribution is -2.04. The summed E-state index contributed by atoms with van der Waals surface area (Å²) in [6.45, 7) is 0. The van der Waals surface area contributed by atoms with Crippen molar-refractivity contribution in [1.29, 1.82) is 0 Å². The van der Waals surface area contributed by atoms with Crippen LogP contribution >= 0.6 is 0 Å². The lowest BCUT2D eigenvalue weighted by Gasteiger charge is -1.99. The lowest BCUT2D eigenvalue weighted by atomic mass is 10.1. The van der Waals surface area contributed by atoms with Crippen LogP contribution in [0, 0.1) is 5.82 Å². The number of carboxylic acid groups (broad SMARTS) is 1. The maximum Gasteiger partial charge on any atom is 0.347 e. The van der Waals surface area contributed by atoms with Crippen LogP contribution in [0.3, 0.4) is 0 Å². The van der Waals surface area contributed by atoms with Crippen molar-refractivity contribution in [2.45, 2.75) is 0 Å². The first kappa shape index (κ1) is 14.6. The Hall–Kier alpha value is -3.28. The van der Waals surface area contributed by atoms with Gasteiger partial charge in [-0.1, -0.05) is 18.2 Å². The van der Waals surface area contributed by atoms with E-state index < -0.39 is 17.4 Å². The number of aromatic carboxylic acids is 1. The molecule has 0 spiro atoms. The number of nitrogens with zero attached hydrogens (tertiary/aromatic N) is 1. The highest BCUT2D eigenvalue weighted by Gasteiger charge is 2.08. The second-order valence-corrected chi connectivity index (χ2v) is 4.74. The van der Waals surface area contributed by atoms with E-state index >= 15 is 0 Å². The van der Waals surface area contributed by atoms with Gasteiger partial charge in [-0.2, -0.15) is 0 Å². The van der Waals surface area contributed by atoms with E-state index in [1.807, 2.05) is 0 Å². The zero-order valence-corrected chi connectivity index (χ0v) is 11.7. The maximum atomic E-state index is 13.7. The van der Waals surface area contributed by atoms with E-state index in [4.69, 9.17) is 9.52 Å². The summed E-state index contributed by atoms with van der Waals surface area (Å²) in [6, 6.07) is 10.2. The van der Waals surface area contributed by atoms with Gasteiger partial charge in [-0.25, -0.2) is 19.0 Å². The summed E-state index contributed by atoms with van der Waals surface area (Å²) in [4.78, 5) is 26.6. The lowest BCUT2D eigenvalue weighted by molar-refractivity contribution is 0.0697. The highest BCUT2D eigenvalue weighted by molar-refractivity contribution is 5.88. The number of aromatic nitrogens is 1.